The zero-order valence-electron chi connectivity index (χ0n) is 8.81. The smallest absolute Gasteiger partial charge is 0.0849 e. The van der Waals surface area contributed by atoms with Gasteiger partial charge in [0.1, 0.15) is 0 Å². The fourth-order valence-corrected chi connectivity index (χ4v) is 2.14. The Morgan fingerprint density at radius 2 is 1.33 bits per heavy atom. The van der Waals surface area contributed by atoms with Gasteiger partial charge in [-0.05, 0) is 28.2 Å². The summed E-state index contributed by atoms with van der Waals surface area (Å²) in [6.45, 7) is 0. The van der Waals surface area contributed by atoms with E-state index in [0.717, 1.165) is 0 Å². The van der Waals surface area contributed by atoms with Crippen molar-refractivity contribution >= 4 is 14.2 Å². The number of hydrazone groups is 1. The van der Waals surface area contributed by atoms with Crippen molar-refractivity contribution in [2.75, 3.05) is 42.3 Å². The largest absolute Gasteiger partial charge is 0.303 e. The molecule has 0 saturated carbocycles. The second-order valence-corrected chi connectivity index (χ2v) is 5.56. The van der Waals surface area contributed by atoms with E-state index in [2.05, 4.69) is 42.6 Å². The topological polar surface area (TPSA) is 22.1 Å². The Kier molecular flexibility index (Phi) is 5.38. The third-order valence-electron chi connectivity index (χ3n) is 1.21. The molecule has 0 aliphatic rings. The lowest BCUT2D eigenvalue weighted by Gasteiger charge is -2.26. The molecule has 0 fully saturated rings. The summed E-state index contributed by atoms with van der Waals surface area (Å²) in [7, 11) is 11.7. The number of rotatable bonds is 4. The minimum Gasteiger partial charge on any atom is -0.303 e. The Morgan fingerprint density at radius 3 is 1.58 bits per heavy atom. The van der Waals surface area contributed by atoms with Crippen LogP contribution in [-0.4, -0.2) is 62.6 Å². The van der Waals surface area contributed by atoms with Gasteiger partial charge in [0.15, 0.2) is 0 Å². The van der Waals surface area contributed by atoms with Crippen molar-refractivity contribution in [3.63, 3.8) is 0 Å². The van der Waals surface area contributed by atoms with E-state index in [4.69, 9.17) is 0 Å². The van der Waals surface area contributed by atoms with E-state index in [9.17, 15) is 0 Å². The molecular weight excluding hydrogens is 171 g/mol. The van der Waals surface area contributed by atoms with Crippen LogP contribution in [0.25, 0.3) is 0 Å². The Morgan fingerprint density at radius 1 is 0.917 bits per heavy atom. The molecule has 0 unspecified atom stereocenters. The van der Waals surface area contributed by atoms with Crippen molar-refractivity contribution in [1.82, 2.24) is 14.3 Å². The van der Waals surface area contributed by atoms with E-state index in [1.165, 1.54) is 0 Å². The zero-order chi connectivity index (χ0) is 9.72. The molecule has 0 saturated heterocycles. The highest BCUT2D eigenvalue weighted by atomic mass is 31.1. The molecule has 0 aliphatic heterocycles. The molecule has 0 aromatic heterocycles. The van der Waals surface area contributed by atoms with Crippen LogP contribution in [0.15, 0.2) is 5.10 Å². The van der Waals surface area contributed by atoms with E-state index in [1.54, 1.807) is 0 Å². The highest BCUT2D eigenvalue weighted by Crippen LogP contribution is 2.36. The lowest BCUT2D eigenvalue weighted by atomic mass is 11.2. The maximum Gasteiger partial charge on any atom is 0.0849 e. The summed E-state index contributed by atoms with van der Waals surface area (Å²) in [5.41, 5.74) is 0. The highest BCUT2D eigenvalue weighted by molar-refractivity contribution is 7.68. The molecule has 0 atom stereocenters. The zero-order valence-corrected chi connectivity index (χ0v) is 9.71. The predicted octanol–water partition coefficient (Wildman–Crippen LogP) is 0.926. The SMILES string of the molecule is CN(C)/N=C/P(N(C)C)N(C)C. The molecule has 0 aromatic rings. The summed E-state index contributed by atoms with van der Waals surface area (Å²) >= 11 is 0. The van der Waals surface area contributed by atoms with Crippen LogP contribution in [0.5, 0.6) is 0 Å². The summed E-state index contributed by atoms with van der Waals surface area (Å²) in [4.78, 5) is 0. The number of hydrogen-bond donors (Lipinski definition) is 0. The van der Waals surface area contributed by atoms with Gasteiger partial charge < -0.3 is 5.01 Å². The van der Waals surface area contributed by atoms with Gasteiger partial charge in [-0.15, -0.1) is 0 Å². The van der Waals surface area contributed by atoms with Gasteiger partial charge in [0.2, 0.25) is 0 Å². The van der Waals surface area contributed by atoms with Crippen molar-refractivity contribution in [1.29, 1.82) is 0 Å². The summed E-state index contributed by atoms with van der Waals surface area (Å²) < 4.78 is 4.34. The van der Waals surface area contributed by atoms with E-state index >= 15 is 0 Å². The third kappa shape index (κ3) is 4.65. The van der Waals surface area contributed by atoms with Crippen LogP contribution in [0.3, 0.4) is 0 Å². The van der Waals surface area contributed by atoms with E-state index < -0.39 is 0 Å². The first-order valence-corrected chi connectivity index (χ1v) is 5.12. The summed E-state index contributed by atoms with van der Waals surface area (Å²) in [5, 5.41) is 6.03. The first-order valence-electron chi connectivity index (χ1n) is 3.80. The average Bonchev–Trinajstić information content (AvgIpc) is 1.84. The molecule has 0 amide bonds. The fraction of sp³-hybridized carbons (Fsp3) is 0.857. The molecule has 5 heteroatoms. The molecule has 0 heterocycles. The van der Waals surface area contributed by atoms with E-state index in [0.29, 0.717) is 0 Å². The number of nitrogens with zero attached hydrogens (tertiary/aromatic N) is 4. The Hall–Kier alpha value is -0.180. The van der Waals surface area contributed by atoms with Crippen molar-refractivity contribution < 1.29 is 0 Å². The lowest BCUT2D eigenvalue weighted by molar-refractivity contribution is 0.440. The maximum atomic E-state index is 4.22. The molecule has 0 N–H and O–H groups in total. The van der Waals surface area contributed by atoms with Crippen molar-refractivity contribution in [3.05, 3.63) is 0 Å². The van der Waals surface area contributed by atoms with E-state index in [1.807, 2.05) is 25.1 Å². The second kappa shape index (κ2) is 5.46. The Bertz CT molecular complexity index is 136. The van der Waals surface area contributed by atoms with Crippen LogP contribution in [0.1, 0.15) is 0 Å². The van der Waals surface area contributed by atoms with E-state index in [-0.39, 0.29) is 8.22 Å². The molecule has 0 rings (SSSR count). The monoisotopic (exact) mass is 190 g/mol. The molecule has 0 aromatic carbocycles. The van der Waals surface area contributed by atoms with Crippen molar-refractivity contribution in [2.24, 2.45) is 5.10 Å². The summed E-state index contributed by atoms with van der Waals surface area (Å²) in [6.07, 6.45) is 0. The van der Waals surface area contributed by atoms with Gasteiger partial charge in [-0.25, -0.2) is 0 Å². The normalized spacial score (nSPS) is 12.4. The first kappa shape index (κ1) is 11.8. The lowest BCUT2D eigenvalue weighted by Crippen LogP contribution is -2.18. The Balaban J connectivity index is 4.14. The molecule has 72 valence electrons. The van der Waals surface area contributed by atoms with Gasteiger partial charge in [0.05, 0.1) is 14.2 Å². The second-order valence-electron chi connectivity index (χ2n) is 3.09. The fourth-order valence-electron chi connectivity index (χ4n) is 0.714. The molecule has 0 aliphatic carbocycles. The molecule has 0 spiro atoms. The quantitative estimate of drug-likeness (QED) is 0.374. The van der Waals surface area contributed by atoms with Gasteiger partial charge in [-0.2, -0.15) is 5.10 Å². The molecule has 12 heavy (non-hydrogen) atoms. The van der Waals surface area contributed by atoms with Gasteiger partial charge in [-0.1, -0.05) is 0 Å². The van der Waals surface area contributed by atoms with Gasteiger partial charge >= 0.3 is 0 Å². The van der Waals surface area contributed by atoms with Crippen LogP contribution in [-0.2, 0) is 0 Å². The molecule has 0 bridgehead atoms. The van der Waals surface area contributed by atoms with Crippen LogP contribution in [0.4, 0.5) is 0 Å². The van der Waals surface area contributed by atoms with Crippen LogP contribution in [0, 0.1) is 0 Å². The first-order chi connectivity index (χ1) is 5.45. The van der Waals surface area contributed by atoms with Crippen molar-refractivity contribution in [2.45, 2.75) is 0 Å². The van der Waals surface area contributed by atoms with Crippen molar-refractivity contribution in [3.8, 4) is 0 Å². The molecule has 0 radical (unpaired) electrons. The third-order valence-corrected chi connectivity index (χ3v) is 3.15. The predicted molar refractivity (Wildman–Crippen MR) is 56.5 cm³/mol. The summed E-state index contributed by atoms with van der Waals surface area (Å²) in [6, 6.07) is 0. The maximum absolute atomic E-state index is 4.22. The molecule has 4 nitrogen and oxygen atoms in total. The van der Waals surface area contributed by atoms with Gasteiger partial charge in [0, 0.05) is 14.1 Å². The molecular formula is C7H19N4P. The Labute approximate surface area is 76.7 Å². The number of hydrogen-bond acceptors (Lipinski definition) is 4. The summed E-state index contributed by atoms with van der Waals surface area (Å²) in [5.74, 6) is 1.98. The van der Waals surface area contributed by atoms with Crippen LogP contribution in [0.2, 0.25) is 0 Å². The minimum atomic E-state index is -0.378. The minimum absolute atomic E-state index is 0.378. The van der Waals surface area contributed by atoms with Crippen LogP contribution < -0.4 is 0 Å². The highest BCUT2D eigenvalue weighted by Gasteiger charge is 2.10. The standard InChI is InChI=1S/C7H19N4P/c1-9(2)8-7-12(10(3)4)11(5)6/h7H,1-6H3/b8-7+. The average molecular weight is 190 g/mol. The van der Waals surface area contributed by atoms with Gasteiger partial charge in [0.25, 0.3) is 0 Å². The van der Waals surface area contributed by atoms with Crippen LogP contribution >= 0.6 is 8.22 Å². The van der Waals surface area contributed by atoms with Gasteiger partial charge in [-0.3, -0.25) is 9.34 Å².